The normalized spacial score (nSPS) is 12.4. The third-order valence-electron chi connectivity index (χ3n) is 2.95. The zero-order chi connectivity index (χ0) is 13.1. The number of halogens is 1. The second-order valence-electron chi connectivity index (χ2n) is 4.30. The number of pyridine rings is 1. The maximum atomic E-state index is 13.0. The summed E-state index contributed by atoms with van der Waals surface area (Å²) in [5, 5.41) is 10.2. The minimum Gasteiger partial charge on any atom is -0.398 e. The number of nitrogen functional groups attached to an aromatic ring is 1. The fourth-order valence-corrected chi connectivity index (χ4v) is 1.94. The molecule has 0 fully saturated rings. The van der Waals surface area contributed by atoms with Crippen LogP contribution in [0.5, 0.6) is 0 Å². The van der Waals surface area contributed by atoms with Gasteiger partial charge in [0.1, 0.15) is 5.82 Å². The molecule has 18 heavy (non-hydrogen) atoms. The Hall–Kier alpha value is -1.94. The summed E-state index contributed by atoms with van der Waals surface area (Å²) in [6.07, 6.45) is 2.90. The van der Waals surface area contributed by atoms with Crippen LogP contribution in [-0.2, 0) is 6.42 Å². The molecular formula is C14H15FN2O. The van der Waals surface area contributed by atoms with Crippen LogP contribution in [0, 0.1) is 12.7 Å². The first-order valence-electron chi connectivity index (χ1n) is 5.70. The zero-order valence-electron chi connectivity index (χ0n) is 10.1. The van der Waals surface area contributed by atoms with Crippen molar-refractivity contribution in [2.45, 2.75) is 19.4 Å². The molecule has 2 rings (SSSR count). The molecule has 3 nitrogen and oxygen atoms in total. The van der Waals surface area contributed by atoms with Gasteiger partial charge in [0.05, 0.1) is 6.10 Å². The highest BCUT2D eigenvalue weighted by Gasteiger charge is 2.13. The van der Waals surface area contributed by atoms with Crippen molar-refractivity contribution in [2.75, 3.05) is 5.73 Å². The summed E-state index contributed by atoms with van der Waals surface area (Å²) >= 11 is 0. The van der Waals surface area contributed by atoms with Gasteiger partial charge >= 0.3 is 0 Å². The number of rotatable bonds is 3. The molecule has 1 unspecified atom stereocenters. The molecular weight excluding hydrogens is 231 g/mol. The second kappa shape index (κ2) is 5.14. The van der Waals surface area contributed by atoms with Crippen molar-refractivity contribution in [1.82, 2.24) is 4.98 Å². The lowest BCUT2D eigenvalue weighted by Crippen LogP contribution is -2.06. The largest absolute Gasteiger partial charge is 0.398 e. The van der Waals surface area contributed by atoms with Gasteiger partial charge < -0.3 is 10.8 Å². The van der Waals surface area contributed by atoms with E-state index in [4.69, 9.17) is 5.73 Å². The Morgan fingerprint density at radius 1 is 1.39 bits per heavy atom. The monoisotopic (exact) mass is 246 g/mol. The minimum atomic E-state index is -0.711. The number of hydrogen-bond donors (Lipinski definition) is 2. The van der Waals surface area contributed by atoms with Crippen molar-refractivity contribution in [3.63, 3.8) is 0 Å². The first kappa shape index (κ1) is 12.5. The van der Waals surface area contributed by atoms with Crippen LogP contribution in [0.15, 0.2) is 36.7 Å². The number of benzene rings is 1. The van der Waals surface area contributed by atoms with Crippen LogP contribution in [0.2, 0.25) is 0 Å². The summed E-state index contributed by atoms with van der Waals surface area (Å²) in [6.45, 7) is 1.77. The van der Waals surface area contributed by atoms with Gasteiger partial charge in [-0.3, -0.25) is 4.98 Å². The first-order chi connectivity index (χ1) is 8.58. The Balaban J connectivity index is 2.22. The van der Waals surface area contributed by atoms with Gasteiger partial charge in [-0.1, -0.05) is 6.07 Å². The van der Waals surface area contributed by atoms with Crippen LogP contribution in [-0.4, -0.2) is 10.1 Å². The average Bonchev–Trinajstić information content (AvgIpc) is 2.32. The average molecular weight is 246 g/mol. The number of aliphatic hydroxyl groups is 1. The molecule has 1 aromatic heterocycles. The lowest BCUT2D eigenvalue weighted by Gasteiger charge is -2.14. The molecule has 0 aliphatic heterocycles. The standard InChI is InChI=1S/C14H15FN2O/c1-9-6-11(15)2-3-12(9)14(18)7-10-8-17-5-4-13(10)16/h2-6,8,14,18H,7H2,1H3,(H2,16,17). The van der Waals surface area contributed by atoms with E-state index < -0.39 is 6.10 Å². The fraction of sp³-hybridized carbons (Fsp3) is 0.214. The van der Waals surface area contributed by atoms with Gasteiger partial charge in [0.25, 0.3) is 0 Å². The number of nitrogens with zero attached hydrogens (tertiary/aromatic N) is 1. The molecule has 1 atom stereocenters. The summed E-state index contributed by atoms with van der Waals surface area (Å²) in [6, 6.07) is 6.05. The van der Waals surface area contributed by atoms with Crippen LogP contribution in [0.25, 0.3) is 0 Å². The predicted octanol–water partition coefficient (Wildman–Crippen LogP) is 2.39. The van der Waals surface area contributed by atoms with Gasteiger partial charge in [0.2, 0.25) is 0 Å². The zero-order valence-corrected chi connectivity index (χ0v) is 10.1. The van der Waals surface area contributed by atoms with Crippen molar-refractivity contribution in [3.05, 3.63) is 59.2 Å². The SMILES string of the molecule is Cc1cc(F)ccc1C(O)Cc1cnccc1N. The fourth-order valence-electron chi connectivity index (χ4n) is 1.94. The highest BCUT2D eigenvalue weighted by Crippen LogP contribution is 2.24. The van der Waals surface area contributed by atoms with Crippen LogP contribution < -0.4 is 5.73 Å². The summed E-state index contributed by atoms with van der Waals surface area (Å²) in [7, 11) is 0. The molecule has 3 N–H and O–H groups in total. The molecule has 1 aromatic carbocycles. The number of aliphatic hydroxyl groups excluding tert-OH is 1. The van der Waals surface area contributed by atoms with E-state index in [9.17, 15) is 9.50 Å². The third kappa shape index (κ3) is 2.65. The van der Waals surface area contributed by atoms with Gasteiger partial charge in [-0.25, -0.2) is 4.39 Å². The summed E-state index contributed by atoms with van der Waals surface area (Å²) < 4.78 is 13.0. The molecule has 0 aliphatic rings. The number of anilines is 1. The second-order valence-corrected chi connectivity index (χ2v) is 4.30. The number of aromatic nitrogens is 1. The van der Waals surface area contributed by atoms with Crippen LogP contribution in [0.1, 0.15) is 22.8 Å². The van der Waals surface area contributed by atoms with Crippen molar-refractivity contribution in [1.29, 1.82) is 0 Å². The van der Waals surface area contributed by atoms with Gasteiger partial charge in [0.15, 0.2) is 0 Å². The van der Waals surface area contributed by atoms with E-state index in [1.54, 1.807) is 31.5 Å². The number of aryl methyl sites for hydroxylation is 1. The van der Waals surface area contributed by atoms with Crippen LogP contribution in [0.3, 0.4) is 0 Å². The highest BCUT2D eigenvalue weighted by atomic mass is 19.1. The maximum absolute atomic E-state index is 13.0. The Morgan fingerprint density at radius 3 is 2.83 bits per heavy atom. The predicted molar refractivity (Wildman–Crippen MR) is 68.5 cm³/mol. The Kier molecular flexibility index (Phi) is 3.58. The third-order valence-corrected chi connectivity index (χ3v) is 2.95. The van der Waals surface area contributed by atoms with E-state index in [-0.39, 0.29) is 5.82 Å². The molecule has 1 heterocycles. The minimum absolute atomic E-state index is 0.302. The highest BCUT2D eigenvalue weighted by molar-refractivity contribution is 5.45. The number of hydrogen-bond acceptors (Lipinski definition) is 3. The van der Waals surface area contributed by atoms with Crippen LogP contribution >= 0.6 is 0 Å². The van der Waals surface area contributed by atoms with Gasteiger partial charge in [0, 0.05) is 24.5 Å². The molecule has 0 saturated heterocycles. The lowest BCUT2D eigenvalue weighted by atomic mass is 9.98. The molecule has 0 bridgehead atoms. The topological polar surface area (TPSA) is 59.1 Å². The lowest BCUT2D eigenvalue weighted by molar-refractivity contribution is 0.177. The molecule has 94 valence electrons. The van der Waals surface area contributed by atoms with Gasteiger partial charge in [-0.05, 0) is 41.8 Å². The van der Waals surface area contributed by atoms with Gasteiger partial charge in [-0.15, -0.1) is 0 Å². The molecule has 0 aliphatic carbocycles. The smallest absolute Gasteiger partial charge is 0.123 e. The van der Waals surface area contributed by atoms with E-state index in [2.05, 4.69) is 4.98 Å². The molecule has 2 aromatic rings. The van der Waals surface area contributed by atoms with Gasteiger partial charge in [-0.2, -0.15) is 0 Å². The Labute approximate surface area is 105 Å². The van der Waals surface area contributed by atoms with E-state index in [1.807, 2.05) is 0 Å². The Bertz CT molecular complexity index is 557. The molecule has 4 heteroatoms. The first-order valence-corrected chi connectivity index (χ1v) is 5.70. The number of nitrogens with two attached hydrogens (primary N) is 1. The van der Waals surface area contributed by atoms with Crippen LogP contribution in [0.4, 0.5) is 10.1 Å². The van der Waals surface area contributed by atoms with Crippen molar-refractivity contribution in [3.8, 4) is 0 Å². The van der Waals surface area contributed by atoms with Crippen molar-refractivity contribution >= 4 is 5.69 Å². The van der Waals surface area contributed by atoms with E-state index in [0.717, 1.165) is 11.1 Å². The summed E-state index contributed by atoms with van der Waals surface area (Å²) in [5.41, 5.74) is 8.62. The molecule has 0 amide bonds. The molecule has 0 radical (unpaired) electrons. The van der Waals surface area contributed by atoms with E-state index in [0.29, 0.717) is 17.7 Å². The molecule has 0 saturated carbocycles. The maximum Gasteiger partial charge on any atom is 0.123 e. The van der Waals surface area contributed by atoms with E-state index in [1.165, 1.54) is 12.1 Å². The quantitative estimate of drug-likeness (QED) is 0.874. The molecule has 0 spiro atoms. The van der Waals surface area contributed by atoms with Crippen molar-refractivity contribution < 1.29 is 9.50 Å². The summed E-state index contributed by atoms with van der Waals surface area (Å²) in [4.78, 5) is 3.98. The summed E-state index contributed by atoms with van der Waals surface area (Å²) in [5.74, 6) is -0.302. The van der Waals surface area contributed by atoms with E-state index >= 15 is 0 Å². The Morgan fingerprint density at radius 2 is 2.17 bits per heavy atom. The van der Waals surface area contributed by atoms with Crippen molar-refractivity contribution in [2.24, 2.45) is 0 Å².